The van der Waals surface area contributed by atoms with Crippen LogP contribution in [0.2, 0.25) is 0 Å². The summed E-state index contributed by atoms with van der Waals surface area (Å²) in [7, 11) is 0. The molecular weight excluding hydrogens is 588 g/mol. The van der Waals surface area contributed by atoms with E-state index in [-0.39, 0.29) is 6.61 Å². The molecule has 0 aromatic heterocycles. The van der Waals surface area contributed by atoms with Gasteiger partial charge in [0.25, 0.3) is 0 Å². The van der Waals surface area contributed by atoms with Crippen LogP contribution in [0.5, 0.6) is 11.5 Å². The Kier molecular flexibility index (Phi) is 32.9. The molecule has 0 amide bonds. The van der Waals surface area contributed by atoms with E-state index in [2.05, 4.69) is 74.6 Å². The van der Waals surface area contributed by atoms with Crippen LogP contribution in [0.15, 0.2) is 66.8 Å². The molecule has 48 heavy (non-hydrogen) atoms. The van der Waals surface area contributed by atoms with E-state index < -0.39 is 0 Å². The minimum atomic E-state index is 0.209. The molecule has 0 aliphatic heterocycles. The van der Waals surface area contributed by atoms with Gasteiger partial charge in [0.1, 0.15) is 11.5 Å². The normalized spacial score (nSPS) is 12.1. The molecule has 0 spiro atoms. The zero-order valence-corrected chi connectivity index (χ0v) is 31.6. The molecule has 0 bridgehead atoms. The van der Waals surface area contributed by atoms with Gasteiger partial charge in [-0.3, -0.25) is 0 Å². The summed E-state index contributed by atoms with van der Waals surface area (Å²) in [5.74, 6) is 1.81. The van der Waals surface area contributed by atoms with Crippen LogP contribution >= 0.6 is 0 Å². The zero-order chi connectivity index (χ0) is 34.4. The summed E-state index contributed by atoms with van der Waals surface area (Å²) in [6, 6.07) is 6.30. The highest BCUT2D eigenvalue weighted by atomic mass is 16.5. The van der Waals surface area contributed by atoms with Crippen LogP contribution in [-0.2, 0) is 6.42 Å². The van der Waals surface area contributed by atoms with Gasteiger partial charge in [-0.2, -0.15) is 0 Å². The average Bonchev–Trinajstić information content (AvgIpc) is 3.10. The highest BCUT2D eigenvalue weighted by molar-refractivity contribution is 5.38. The molecule has 0 saturated carbocycles. The topological polar surface area (TPSA) is 38.7 Å². The molecule has 0 radical (unpaired) electrons. The van der Waals surface area contributed by atoms with E-state index in [4.69, 9.17) is 9.47 Å². The van der Waals surface area contributed by atoms with Crippen molar-refractivity contribution in [1.82, 2.24) is 0 Å². The molecule has 1 aromatic rings. The predicted octanol–water partition coefficient (Wildman–Crippen LogP) is 14.0. The number of rotatable bonds is 35. The Morgan fingerprint density at radius 3 is 1.21 bits per heavy atom. The smallest absolute Gasteiger partial charge is 0.123 e. The highest BCUT2D eigenvalue weighted by Gasteiger charge is 2.05. The first-order chi connectivity index (χ1) is 23.8. The lowest BCUT2D eigenvalue weighted by Crippen LogP contribution is -2.02. The number of unbranched alkanes of at least 4 members (excludes halogenated alkanes) is 18. The minimum Gasteiger partial charge on any atom is -0.493 e. The maximum absolute atomic E-state index is 9.32. The van der Waals surface area contributed by atoms with Gasteiger partial charge in [0, 0.05) is 12.7 Å². The van der Waals surface area contributed by atoms with Gasteiger partial charge in [0.05, 0.1) is 13.2 Å². The molecule has 274 valence electrons. The Morgan fingerprint density at radius 2 is 0.812 bits per heavy atom. The van der Waals surface area contributed by atoms with Gasteiger partial charge in [-0.05, 0) is 108 Å². The molecule has 0 aliphatic rings. The van der Waals surface area contributed by atoms with E-state index in [0.29, 0.717) is 0 Å². The van der Waals surface area contributed by atoms with Crippen molar-refractivity contribution >= 4 is 0 Å². The Labute approximate surface area is 298 Å². The molecule has 1 aromatic carbocycles. The van der Waals surface area contributed by atoms with Crippen LogP contribution in [0.25, 0.3) is 0 Å². The fraction of sp³-hybridized carbons (Fsp3) is 0.689. The molecular formula is C45H76O3. The van der Waals surface area contributed by atoms with E-state index in [1.807, 2.05) is 6.07 Å². The van der Waals surface area contributed by atoms with Gasteiger partial charge < -0.3 is 14.6 Å². The molecule has 0 atom stereocenters. The second-order valence-corrected chi connectivity index (χ2v) is 13.5. The molecule has 0 saturated heterocycles. The number of aryl methyl sites for hydroxylation is 1. The van der Waals surface area contributed by atoms with Crippen molar-refractivity contribution in [1.29, 1.82) is 0 Å². The minimum absolute atomic E-state index is 0.209. The number of hydrogen-bond donors (Lipinski definition) is 1. The lowest BCUT2D eigenvalue weighted by Gasteiger charge is -2.13. The van der Waals surface area contributed by atoms with Crippen molar-refractivity contribution in [3.63, 3.8) is 0 Å². The third-order valence-electron chi connectivity index (χ3n) is 8.79. The van der Waals surface area contributed by atoms with Crippen LogP contribution in [0, 0.1) is 0 Å². The van der Waals surface area contributed by atoms with E-state index in [9.17, 15) is 5.11 Å². The fourth-order valence-electron chi connectivity index (χ4n) is 5.79. The molecule has 3 heteroatoms. The summed E-state index contributed by atoms with van der Waals surface area (Å²) in [4.78, 5) is 0. The standard InChI is InChI=1S/C45H76O3/c1-3-5-7-9-11-13-15-17-19-21-23-25-27-29-31-33-38-47-44-40-43(36-35-37-46)41-45(42-44)48-39-34-32-30-28-26-24-22-20-18-16-14-12-10-8-6-4-2/h11-14,17-20,40-42,46H,3-10,15-16,21-39H2,1-2H3. The van der Waals surface area contributed by atoms with Gasteiger partial charge in [-0.15, -0.1) is 0 Å². The fourth-order valence-corrected chi connectivity index (χ4v) is 5.79. The van der Waals surface area contributed by atoms with Gasteiger partial charge >= 0.3 is 0 Å². The van der Waals surface area contributed by atoms with E-state index in [1.165, 1.54) is 134 Å². The molecule has 1 N–H and O–H groups in total. The van der Waals surface area contributed by atoms with Crippen LogP contribution in [0.1, 0.15) is 180 Å². The number of ether oxygens (including phenoxy) is 2. The third-order valence-corrected chi connectivity index (χ3v) is 8.79. The first kappa shape index (κ1) is 43.8. The average molecular weight is 665 g/mol. The van der Waals surface area contributed by atoms with Gasteiger partial charge in [-0.1, -0.05) is 140 Å². The summed E-state index contributed by atoms with van der Waals surface area (Å²) in [5.41, 5.74) is 1.19. The largest absolute Gasteiger partial charge is 0.493 e. The highest BCUT2D eigenvalue weighted by Crippen LogP contribution is 2.25. The molecule has 0 fully saturated rings. The van der Waals surface area contributed by atoms with Gasteiger partial charge in [0.15, 0.2) is 0 Å². The number of benzene rings is 1. The Balaban J connectivity index is 2.12. The van der Waals surface area contributed by atoms with Crippen molar-refractivity contribution < 1.29 is 14.6 Å². The van der Waals surface area contributed by atoms with E-state index in [0.717, 1.165) is 63.2 Å². The van der Waals surface area contributed by atoms with Crippen LogP contribution in [-0.4, -0.2) is 24.9 Å². The molecule has 0 heterocycles. The first-order valence-electron chi connectivity index (χ1n) is 20.4. The summed E-state index contributed by atoms with van der Waals surface area (Å²) in [6.45, 7) is 6.23. The lowest BCUT2D eigenvalue weighted by atomic mass is 10.1. The van der Waals surface area contributed by atoms with Gasteiger partial charge in [0.2, 0.25) is 0 Å². The monoisotopic (exact) mass is 665 g/mol. The summed E-state index contributed by atoms with van der Waals surface area (Å²) < 4.78 is 12.3. The molecule has 0 unspecified atom stereocenters. The number of aliphatic hydroxyl groups excluding tert-OH is 1. The Morgan fingerprint density at radius 1 is 0.438 bits per heavy atom. The van der Waals surface area contributed by atoms with E-state index >= 15 is 0 Å². The van der Waals surface area contributed by atoms with Gasteiger partial charge in [-0.25, -0.2) is 0 Å². The van der Waals surface area contributed by atoms with Crippen molar-refractivity contribution in [2.45, 2.75) is 181 Å². The van der Waals surface area contributed by atoms with Crippen molar-refractivity contribution in [3.05, 3.63) is 72.4 Å². The summed E-state index contributed by atoms with van der Waals surface area (Å²) in [6.07, 6.45) is 50.3. The molecule has 0 aliphatic carbocycles. The van der Waals surface area contributed by atoms with Crippen molar-refractivity contribution in [3.8, 4) is 11.5 Å². The van der Waals surface area contributed by atoms with Crippen LogP contribution < -0.4 is 9.47 Å². The number of allylic oxidation sites excluding steroid dienone is 8. The number of aliphatic hydroxyl groups is 1. The zero-order valence-electron chi connectivity index (χ0n) is 31.6. The summed E-state index contributed by atoms with van der Waals surface area (Å²) >= 11 is 0. The molecule has 1 rings (SSSR count). The van der Waals surface area contributed by atoms with Crippen LogP contribution in [0.3, 0.4) is 0 Å². The maximum atomic E-state index is 9.32. The number of hydrogen-bond acceptors (Lipinski definition) is 3. The van der Waals surface area contributed by atoms with E-state index in [1.54, 1.807) is 0 Å². The SMILES string of the molecule is CCCCCC=CCC=CCCCCCCCCOc1cc(CCCO)cc(OCCCCCCCCC=CCC=CCCCCC)c1. The van der Waals surface area contributed by atoms with Crippen molar-refractivity contribution in [2.75, 3.05) is 19.8 Å². The summed E-state index contributed by atoms with van der Waals surface area (Å²) in [5, 5.41) is 9.32. The lowest BCUT2D eigenvalue weighted by molar-refractivity contribution is 0.284. The second kappa shape index (κ2) is 36.0. The quantitative estimate of drug-likeness (QED) is 0.0580. The maximum Gasteiger partial charge on any atom is 0.123 e. The van der Waals surface area contributed by atoms with Crippen molar-refractivity contribution in [2.24, 2.45) is 0 Å². The second-order valence-electron chi connectivity index (χ2n) is 13.5. The Bertz CT molecular complexity index is 860. The van der Waals surface area contributed by atoms with Crippen LogP contribution in [0.4, 0.5) is 0 Å². The third kappa shape index (κ3) is 29.8. The molecule has 3 nitrogen and oxygen atoms in total. The predicted molar refractivity (Wildman–Crippen MR) is 212 cm³/mol. The first-order valence-corrected chi connectivity index (χ1v) is 20.4. The Hall–Kier alpha value is -2.26.